The third kappa shape index (κ3) is 10.1. The van der Waals surface area contributed by atoms with E-state index in [9.17, 15) is 5.26 Å². The Kier molecular flexibility index (Phi) is 13.9. The SMILES string of the molecule is [C-]#[N+]c1cccc(C(F)(F)F)c1-c1cc(-n2c3ccc(-c4ccc(-c5ccccc5)nc4)cc3c3cc(-c4ccc(-c5ccccc5)nc4)ccc32)c(C#N)c(-n2c3ccc(-c4ccc(-c5ccccc5)nc4)cc3c3cc(-c4ccc(-c5ccccc5)nc4)ccc32)c1. The summed E-state index contributed by atoms with van der Waals surface area (Å²) < 4.78 is 51.2. The Morgan fingerprint density at radius 3 is 0.904 bits per heavy atom. The predicted molar refractivity (Wildman–Crippen MR) is 371 cm³/mol. The third-order valence-electron chi connectivity index (χ3n) is 17.6. The largest absolute Gasteiger partial charge is 0.415 e. The number of aromatic nitrogens is 6. The molecule has 6 aromatic heterocycles. The molecule has 0 atom stereocenters. The molecule has 0 amide bonds. The number of nitrogens with zero attached hydrogens (tertiary/aromatic N) is 8. The van der Waals surface area contributed by atoms with Crippen LogP contribution in [-0.2, 0) is 6.18 Å². The van der Waals surface area contributed by atoms with Crippen LogP contribution in [0.3, 0.4) is 0 Å². The highest BCUT2D eigenvalue weighted by atomic mass is 19.4. The fourth-order valence-electron chi connectivity index (χ4n) is 13.1. The molecule has 6 heterocycles. The zero-order valence-electron chi connectivity index (χ0n) is 50.0. The summed E-state index contributed by atoms with van der Waals surface area (Å²) in [7, 11) is 0. The number of hydrogen-bond acceptors (Lipinski definition) is 5. The molecule has 16 aromatic rings. The molecule has 11 heteroatoms. The van der Waals surface area contributed by atoms with E-state index in [0.717, 1.165) is 117 Å². The van der Waals surface area contributed by atoms with Gasteiger partial charge in [-0.3, -0.25) is 19.9 Å². The van der Waals surface area contributed by atoms with E-state index in [0.29, 0.717) is 33.4 Å². The number of benzene rings is 10. The first-order chi connectivity index (χ1) is 46.1. The van der Waals surface area contributed by atoms with Crippen LogP contribution in [0.1, 0.15) is 11.1 Å². The summed E-state index contributed by atoms with van der Waals surface area (Å²) in [5.74, 6) is 0. The van der Waals surface area contributed by atoms with Crippen LogP contribution in [0.2, 0.25) is 0 Å². The number of rotatable bonds is 11. The fourth-order valence-corrected chi connectivity index (χ4v) is 13.1. The first-order valence-electron chi connectivity index (χ1n) is 30.5. The van der Waals surface area contributed by atoms with E-state index >= 15 is 13.2 Å². The lowest BCUT2D eigenvalue weighted by molar-refractivity contribution is -0.137. The van der Waals surface area contributed by atoms with Crippen LogP contribution in [0, 0.1) is 17.9 Å². The van der Waals surface area contributed by atoms with Gasteiger partial charge in [0.15, 0.2) is 5.69 Å². The van der Waals surface area contributed by atoms with Crippen molar-refractivity contribution in [3.63, 3.8) is 0 Å². The Bertz CT molecular complexity index is 5090. The van der Waals surface area contributed by atoms with Gasteiger partial charge < -0.3 is 9.13 Å². The van der Waals surface area contributed by atoms with Crippen LogP contribution in [0.25, 0.3) is 160 Å². The van der Waals surface area contributed by atoms with Crippen molar-refractivity contribution in [3.05, 3.63) is 320 Å². The molecule has 0 saturated carbocycles. The standard InChI is InChI=1S/C83H49F3N8/c1-88-75-24-14-23-70(83(84,85)86)82(75)64-45-80(93-76-37-29-56(60-25-33-71(89-48-60)52-15-6-2-7-16-52)41-65(76)66-42-57(30-38-77(66)93)61-26-34-72(90-49-61)53-17-8-3-9-18-53)69(47-87)81(46-64)94-78-39-31-58(62-27-35-73(91-50-62)54-19-10-4-11-20-54)43-67(78)68-44-59(32-40-79(68)94)63-28-36-74(92-51-63)55-21-12-5-13-22-55/h2-46,48-51H. The van der Waals surface area contributed by atoms with Gasteiger partial charge >= 0.3 is 6.18 Å². The summed E-state index contributed by atoms with van der Waals surface area (Å²) in [5.41, 5.74) is 16.4. The highest BCUT2D eigenvalue weighted by molar-refractivity contribution is 6.14. The van der Waals surface area contributed by atoms with Crippen LogP contribution in [0.15, 0.2) is 298 Å². The van der Waals surface area contributed by atoms with Crippen LogP contribution in [0.4, 0.5) is 18.9 Å². The van der Waals surface area contributed by atoms with Gasteiger partial charge in [-0.05, 0) is 118 Å². The molecular formula is C83H49F3N8. The Balaban J connectivity index is 0.949. The van der Waals surface area contributed by atoms with Gasteiger partial charge in [-0.2, -0.15) is 18.4 Å². The van der Waals surface area contributed by atoms with Crippen LogP contribution in [0.5, 0.6) is 0 Å². The second kappa shape index (κ2) is 23.2. The minimum Gasteiger partial charge on any atom is -0.308 e. The summed E-state index contributed by atoms with van der Waals surface area (Å²) in [5, 5.41) is 15.4. The van der Waals surface area contributed by atoms with E-state index in [2.05, 4.69) is 35.2 Å². The zero-order valence-corrected chi connectivity index (χ0v) is 50.0. The molecule has 0 aliphatic carbocycles. The van der Waals surface area contributed by atoms with Crippen LogP contribution >= 0.6 is 0 Å². The average Bonchev–Trinajstić information content (AvgIpc) is 1.55. The Morgan fingerprint density at radius 2 is 0.638 bits per heavy atom. The maximum Gasteiger partial charge on any atom is 0.415 e. The van der Waals surface area contributed by atoms with Crippen molar-refractivity contribution < 1.29 is 13.2 Å². The van der Waals surface area contributed by atoms with Gasteiger partial charge in [0.1, 0.15) is 11.6 Å². The summed E-state index contributed by atoms with van der Waals surface area (Å²) in [6.45, 7) is 8.39. The number of hydrogen-bond donors (Lipinski definition) is 0. The molecule has 0 fully saturated rings. The van der Waals surface area contributed by atoms with E-state index < -0.39 is 11.7 Å². The molecule has 10 aromatic carbocycles. The van der Waals surface area contributed by atoms with Crippen molar-refractivity contribution in [2.24, 2.45) is 0 Å². The van der Waals surface area contributed by atoms with Crippen molar-refractivity contribution in [2.45, 2.75) is 6.18 Å². The van der Waals surface area contributed by atoms with E-state index in [1.54, 1.807) is 12.1 Å². The molecule has 94 heavy (non-hydrogen) atoms. The number of pyridine rings is 4. The summed E-state index contributed by atoms with van der Waals surface area (Å²) in [4.78, 5) is 23.3. The highest BCUT2D eigenvalue weighted by Gasteiger charge is 2.36. The Morgan fingerprint density at radius 1 is 0.330 bits per heavy atom. The van der Waals surface area contributed by atoms with Gasteiger partial charge in [0.2, 0.25) is 0 Å². The monoisotopic (exact) mass is 1210 g/mol. The maximum atomic E-state index is 15.7. The Labute approximate surface area is 538 Å². The van der Waals surface area contributed by atoms with E-state index in [1.165, 1.54) is 12.1 Å². The topological polar surface area (TPSA) is 89.6 Å². The van der Waals surface area contributed by atoms with Gasteiger partial charge in [-0.1, -0.05) is 188 Å². The van der Waals surface area contributed by atoms with Crippen molar-refractivity contribution >= 4 is 49.3 Å². The second-order valence-electron chi connectivity index (χ2n) is 23.1. The van der Waals surface area contributed by atoms with E-state index in [4.69, 9.17) is 26.5 Å². The van der Waals surface area contributed by atoms with Gasteiger partial charge in [-0.25, -0.2) is 4.85 Å². The molecule has 0 spiro atoms. The summed E-state index contributed by atoms with van der Waals surface area (Å²) in [6, 6.07) is 90.2. The molecule has 0 saturated heterocycles. The second-order valence-corrected chi connectivity index (χ2v) is 23.1. The minimum absolute atomic E-state index is 0.0951. The van der Waals surface area contributed by atoms with Crippen LogP contribution < -0.4 is 0 Å². The number of halogens is 3. The Hall–Kier alpha value is -12.8. The first-order valence-corrected chi connectivity index (χ1v) is 30.5. The van der Waals surface area contributed by atoms with Crippen molar-refractivity contribution in [3.8, 4) is 118 Å². The van der Waals surface area contributed by atoms with Crippen molar-refractivity contribution in [1.82, 2.24) is 29.1 Å². The predicted octanol–water partition coefficient (Wildman–Crippen LogP) is 21.9. The summed E-state index contributed by atoms with van der Waals surface area (Å²) >= 11 is 0. The fraction of sp³-hybridized carbons (Fsp3) is 0.0120. The number of fused-ring (bicyclic) bond motifs is 6. The smallest absolute Gasteiger partial charge is 0.308 e. The molecule has 0 radical (unpaired) electrons. The lowest BCUT2D eigenvalue weighted by atomic mass is 9.94. The molecule has 0 aliphatic heterocycles. The molecular weight excluding hydrogens is 1170 g/mol. The van der Waals surface area contributed by atoms with Crippen molar-refractivity contribution in [1.29, 1.82) is 5.26 Å². The van der Waals surface area contributed by atoms with Crippen molar-refractivity contribution in [2.75, 3.05) is 0 Å². The number of nitriles is 1. The maximum absolute atomic E-state index is 15.7. The lowest BCUT2D eigenvalue weighted by Gasteiger charge is -2.21. The first kappa shape index (κ1) is 56.4. The van der Waals surface area contributed by atoms with E-state index in [1.807, 2.05) is 252 Å². The van der Waals surface area contributed by atoms with Crippen LogP contribution in [-0.4, -0.2) is 29.1 Å². The normalized spacial score (nSPS) is 11.5. The molecule has 442 valence electrons. The minimum atomic E-state index is -4.87. The molecule has 16 rings (SSSR count). The molecule has 0 aliphatic rings. The molecule has 0 N–H and O–H groups in total. The highest BCUT2D eigenvalue weighted by Crippen LogP contribution is 2.48. The van der Waals surface area contributed by atoms with E-state index in [-0.39, 0.29) is 22.4 Å². The average molecular weight is 1220 g/mol. The number of alkyl halides is 3. The summed E-state index contributed by atoms with van der Waals surface area (Å²) in [6.07, 6.45) is 2.57. The van der Waals surface area contributed by atoms with Gasteiger partial charge in [-0.15, -0.1) is 0 Å². The molecule has 0 unspecified atom stereocenters. The molecule has 0 bridgehead atoms. The third-order valence-corrected chi connectivity index (χ3v) is 17.6. The van der Waals surface area contributed by atoms with Gasteiger partial charge in [0.25, 0.3) is 0 Å². The van der Waals surface area contributed by atoms with Gasteiger partial charge in [0, 0.05) is 90.8 Å². The quantitative estimate of drug-likeness (QED) is 0.120. The van der Waals surface area contributed by atoms with Gasteiger partial charge in [0.05, 0.1) is 68.4 Å². The lowest BCUT2D eigenvalue weighted by Crippen LogP contribution is -2.09. The zero-order chi connectivity index (χ0) is 63.4. The molecule has 8 nitrogen and oxygen atoms in total.